The van der Waals surface area contributed by atoms with Crippen molar-refractivity contribution < 1.29 is 4.79 Å². The summed E-state index contributed by atoms with van der Waals surface area (Å²) in [4.78, 5) is 11.8. The molecule has 5 nitrogen and oxygen atoms in total. The summed E-state index contributed by atoms with van der Waals surface area (Å²) in [5.74, 6) is -0.0940. The maximum absolute atomic E-state index is 11.8. The van der Waals surface area contributed by atoms with E-state index in [4.69, 9.17) is 5.26 Å². The summed E-state index contributed by atoms with van der Waals surface area (Å²) in [6.07, 6.45) is 3.90. The van der Waals surface area contributed by atoms with Gasteiger partial charge in [0.15, 0.2) is 0 Å². The molecular formula is C13H14N4O. The van der Waals surface area contributed by atoms with Crippen LogP contribution in [0.2, 0.25) is 0 Å². The van der Waals surface area contributed by atoms with Gasteiger partial charge in [-0.15, -0.1) is 0 Å². The smallest absolute Gasteiger partial charge is 0.251 e. The maximum Gasteiger partial charge on any atom is 0.251 e. The highest BCUT2D eigenvalue weighted by atomic mass is 16.1. The second kappa shape index (κ2) is 5.82. The predicted octanol–water partition coefficient (Wildman–Crippen LogP) is 1.99. The number of aromatic nitrogens is 2. The Morgan fingerprint density at radius 3 is 3.17 bits per heavy atom. The van der Waals surface area contributed by atoms with Crippen LogP contribution in [0.1, 0.15) is 29.6 Å². The van der Waals surface area contributed by atoms with E-state index in [0.29, 0.717) is 18.5 Å². The van der Waals surface area contributed by atoms with Crippen LogP contribution in [-0.2, 0) is 0 Å². The lowest BCUT2D eigenvalue weighted by Crippen LogP contribution is -2.24. The number of nitrogens with one attached hydrogen (secondary N) is 2. The monoisotopic (exact) mass is 242 g/mol. The average molecular weight is 242 g/mol. The van der Waals surface area contributed by atoms with E-state index in [2.05, 4.69) is 21.6 Å². The molecule has 2 N–H and O–H groups in total. The van der Waals surface area contributed by atoms with Crippen LogP contribution in [-0.4, -0.2) is 22.6 Å². The second-order valence-electron chi connectivity index (χ2n) is 4.04. The SMILES string of the molecule is N#CCCCCNC(=O)c1ccc2cn[nH]c2c1. The lowest BCUT2D eigenvalue weighted by molar-refractivity contribution is 0.0953. The number of rotatable bonds is 5. The molecule has 5 heteroatoms. The van der Waals surface area contributed by atoms with Crippen LogP contribution in [0.3, 0.4) is 0 Å². The van der Waals surface area contributed by atoms with Gasteiger partial charge >= 0.3 is 0 Å². The Kier molecular flexibility index (Phi) is 3.92. The Labute approximate surface area is 105 Å². The topological polar surface area (TPSA) is 81.6 Å². The highest BCUT2D eigenvalue weighted by Crippen LogP contribution is 2.12. The van der Waals surface area contributed by atoms with Crippen molar-refractivity contribution in [3.63, 3.8) is 0 Å². The first-order chi connectivity index (χ1) is 8.81. The number of H-pyrrole nitrogens is 1. The molecule has 1 heterocycles. The number of unbranched alkanes of at least 4 members (excludes halogenated alkanes) is 2. The van der Waals surface area contributed by atoms with Crippen molar-refractivity contribution >= 4 is 16.8 Å². The first kappa shape index (κ1) is 12.1. The Morgan fingerprint density at radius 1 is 1.44 bits per heavy atom. The standard InChI is InChI=1S/C13H14N4O/c14-6-2-1-3-7-15-13(18)10-4-5-11-9-16-17-12(11)8-10/h4-5,8-9H,1-3,7H2,(H,15,18)(H,16,17). The summed E-state index contributed by atoms with van der Waals surface area (Å²) < 4.78 is 0. The van der Waals surface area contributed by atoms with Gasteiger partial charge in [0.2, 0.25) is 0 Å². The zero-order valence-electron chi connectivity index (χ0n) is 9.94. The number of hydrogen-bond acceptors (Lipinski definition) is 3. The summed E-state index contributed by atoms with van der Waals surface area (Å²) >= 11 is 0. The van der Waals surface area contributed by atoms with Gasteiger partial charge in [0.25, 0.3) is 5.91 Å². The number of hydrogen-bond donors (Lipinski definition) is 2. The minimum atomic E-state index is -0.0940. The first-order valence-corrected chi connectivity index (χ1v) is 5.89. The third-order valence-corrected chi connectivity index (χ3v) is 2.71. The van der Waals surface area contributed by atoms with Crippen LogP contribution in [0.4, 0.5) is 0 Å². The predicted molar refractivity (Wildman–Crippen MR) is 67.9 cm³/mol. The van der Waals surface area contributed by atoms with Crippen LogP contribution >= 0.6 is 0 Å². The van der Waals surface area contributed by atoms with Gasteiger partial charge in [0, 0.05) is 23.9 Å². The normalized spacial score (nSPS) is 10.2. The third-order valence-electron chi connectivity index (χ3n) is 2.71. The Balaban J connectivity index is 1.90. The van der Waals surface area contributed by atoms with Crippen molar-refractivity contribution in [2.45, 2.75) is 19.3 Å². The van der Waals surface area contributed by atoms with Gasteiger partial charge < -0.3 is 5.32 Å². The van der Waals surface area contributed by atoms with E-state index < -0.39 is 0 Å². The van der Waals surface area contributed by atoms with Crippen LogP contribution in [0.15, 0.2) is 24.4 Å². The summed E-state index contributed by atoms with van der Waals surface area (Å²) in [7, 11) is 0. The average Bonchev–Trinajstić information content (AvgIpc) is 2.85. The van der Waals surface area contributed by atoms with E-state index in [1.807, 2.05) is 6.07 Å². The largest absolute Gasteiger partial charge is 0.352 e. The van der Waals surface area contributed by atoms with Gasteiger partial charge in [0.05, 0.1) is 17.8 Å². The van der Waals surface area contributed by atoms with Crippen LogP contribution in [0.25, 0.3) is 10.9 Å². The lowest BCUT2D eigenvalue weighted by Gasteiger charge is -2.04. The highest BCUT2D eigenvalue weighted by molar-refractivity contribution is 5.97. The van der Waals surface area contributed by atoms with E-state index >= 15 is 0 Å². The van der Waals surface area contributed by atoms with Gasteiger partial charge in [-0.05, 0) is 25.0 Å². The molecule has 18 heavy (non-hydrogen) atoms. The Morgan fingerprint density at radius 2 is 2.33 bits per heavy atom. The van der Waals surface area contributed by atoms with Gasteiger partial charge in [-0.3, -0.25) is 9.89 Å². The molecule has 0 saturated carbocycles. The lowest BCUT2D eigenvalue weighted by atomic mass is 10.1. The van der Waals surface area contributed by atoms with Gasteiger partial charge in [-0.1, -0.05) is 6.07 Å². The number of carbonyl (C=O) groups is 1. The van der Waals surface area contributed by atoms with Crippen molar-refractivity contribution in [2.24, 2.45) is 0 Å². The van der Waals surface area contributed by atoms with Crippen molar-refractivity contribution in [1.29, 1.82) is 5.26 Å². The van der Waals surface area contributed by atoms with Crippen LogP contribution < -0.4 is 5.32 Å². The van der Waals surface area contributed by atoms with Crippen LogP contribution in [0, 0.1) is 11.3 Å². The van der Waals surface area contributed by atoms with E-state index in [-0.39, 0.29) is 5.91 Å². The number of aromatic amines is 1. The molecule has 0 unspecified atom stereocenters. The fraction of sp³-hybridized carbons (Fsp3) is 0.308. The molecule has 0 aliphatic rings. The summed E-state index contributed by atoms with van der Waals surface area (Å²) in [6.45, 7) is 0.599. The molecule has 92 valence electrons. The maximum atomic E-state index is 11.8. The second-order valence-corrected chi connectivity index (χ2v) is 4.04. The molecule has 1 amide bonds. The zero-order chi connectivity index (χ0) is 12.8. The van der Waals surface area contributed by atoms with Crippen molar-refractivity contribution in [3.05, 3.63) is 30.0 Å². The van der Waals surface area contributed by atoms with E-state index in [9.17, 15) is 4.79 Å². The number of amides is 1. The van der Waals surface area contributed by atoms with E-state index in [1.54, 1.807) is 18.3 Å². The van der Waals surface area contributed by atoms with Crippen molar-refractivity contribution in [1.82, 2.24) is 15.5 Å². The molecule has 2 aromatic rings. The molecule has 1 aromatic heterocycles. The number of nitrogens with zero attached hydrogens (tertiary/aromatic N) is 2. The summed E-state index contributed by atoms with van der Waals surface area (Å²) in [5, 5.41) is 18.9. The number of nitriles is 1. The van der Waals surface area contributed by atoms with E-state index in [0.717, 1.165) is 23.7 Å². The van der Waals surface area contributed by atoms with Crippen molar-refractivity contribution in [2.75, 3.05) is 6.54 Å². The summed E-state index contributed by atoms with van der Waals surface area (Å²) in [5.41, 5.74) is 1.47. The van der Waals surface area contributed by atoms with Crippen molar-refractivity contribution in [3.8, 4) is 6.07 Å². The Bertz CT molecular complexity index is 582. The number of fused-ring (bicyclic) bond motifs is 1. The molecule has 0 aliphatic carbocycles. The van der Waals surface area contributed by atoms with Crippen LogP contribution in [0.5, 0.6) is 0 Å². The Hall–Kier alpha value is -2.35. The number of carbonyl (C=O) groups excluding carboxylic acids is 1. The molecule has 0 radical (unpaired) electrons. The summed E-state index contributed by atoms with van der Waals surface area (Å²) in [6, 6.07) is 7.51. The molecule has 2 rings (SSSR count). The van der Waals surface area contributed by atoms with Gasteiger partial charge in [-0.25, -0.2) is 0 Å². The zero-order valence-corrected chi connectivity index (χ0v) is 9.94. The molecular weight excluding hydrogens is 228 g/mol. The molecule has 1 aromatic carbocycles. The molecule has 0 atom stereocenters. The van der Waals surface area contributed by atoms with Gasteiger partial charge in [0.1, 0.15) is 0 Å². The number of benzene rings is 1. The highest BCUT2D eigenvalue weighted by Gasteiger charge is 2.06. The molecule has 0 fully saturated rings. The minimum Gasteiger partial charge on any atom is -0.352 e. The minimum absolute atomic E-state index is 0.0940. The molecule has 0 saturated heterocycles. The molecule has 0 bridgehead atoms. The molecule has 0 spiro atoms. The fourth-order valence-corrected chi connectivity index (χ4v) is 1.71. The van der Waals surface area contributed by atoms with E-state index in [1.165, 1.54) is 0 Å². The third kappa shape index (κ3) is 2.86. The quantitative estimate of drug-likeness (QED) is 0.786. The van der Waals surface area contributed by atoms with Gasteiger partial charge in [-0.2, -0.15) is 10.4 Å². The first-order valence-electron chi connectivity index (χ1n) is 5.89. The molecule has 0 aliphatic heterocycles. The fourth-order valence-electron chi connectivity index (χ4n) is 1.71.